The Kier molecular flexibility index (Phi) is 15.0. The van der Waals surface area contributed by atoms with Crippen LogP contribution in [0.2, 0.25) is 0 Å². The second-order valence-electron chi connectivity index (χ2n) is 13.0. The molecule has 0 aliphatic heterocycles. The van der Waals surface area contributed by atoms with Crippen LogP contribution in [0.1, 0.15) is 139 Å². The second kappa shape index (κ2) is 17.4. The van der Waals surface area contributed by atoms with E-state index in [9.17, 15) is 29.8 Å². The molecule has 0 radical (unpaired) electrons. The molecule has 46 heavy (non-hydrogen) atoms. The summed E-state index contributed by atoms with van der Waals surface area (Å²) in [5, 5.41) is 22.1. The molecule has 2 aromatic carbocycles. The molecule has 0 aliphatic carbocycles. The third-order valence-electron chi connectivity index (χ3n) is 7.62. The Hall–Kier alpha value is -4.34. The molecule has 0 atom stereocenters. The quantitative estimate of drug-likeness (QED) is 0.132. The summed E-state index contributed by atoms with van der Waals surface area (Å²) in [6.07, 6.45) is 0.796. The summed E-state index contributed by atoms with van der Waals surface area (Å²) in [5.74, 6) is 0.984. The van der Waals surface area contributed by atoms with E-state index in [1.807, 2.05) is 27.7 Å². The molecule has 0 spiro atoms. The van der Waals surface area contributed by atoms with Crippen LogP contribution in [0.4, 0.5) is 17.1 Å². The number of nitro groups is 2. The average molecular weight is 637 g/mol. The van der Waals surface area contributed by atoms with Crippen molar-refractivity contribution >= 4 is 28.6 Å². The summed E-state index contributed by atoms with van der Waals surface area (Å²) in [6.45, 7) is 23.4. The van der Waals surface area contributed by atoms with Crippen LogP contribution >= 0.6 is 0 Å². The van der Waals surface area contributed by atoms with E-state index in [2.05, 4.69) is 58.2 Å². The van der Waals surface area contributed by atoms with Gasteiger partial charge in [-0.2, -0.15) is 0 Å². The normalized spacial score (nSPS) is 10.9. The van der Waals surface area contributed by atoms with Crippen molar-refractivity contribution in [3.8, 4) is 5.69 Å². The van der Waals surface area contributed by atoms with E-state index in [0.717, 1.165) is 39.3 Å². The van der Waals surface area contributed by atoms with E-state index in [4.69, 9.17) is 5.73 Å². The van der Waals surface area contributed by atoms with Gasteiger partial charge in [-0.3, -0.25) is 20.2 Å². The van der Waals surface area contributed by atoms with Crippen molar-refractivity contribution in [2.24, 2.45) is 0 Å². The highest BCUT2D eigenvalue weighted by Gasteiger charge is 2.23. The third kappa shape index (κ3) is 10.9. The summed E-state index contributed by atoms with van der Waals surface area (Å²) < 4.78 is 2.22. The van der Waals surface area contributed by atoms with E-state index >= 15 is 0 Å². The zero-order valence-corrected chi connectivity index (χ0v) is 29.6. The topological polar surface area (TPSA) is 151 Å². The number of carbonyl (C=O) groups is 2. The maximum absolute atomic E-state index is 11.3. The molecule has 1 heterocycles. The zero-order chi connectivity index (χ0) is 35.6. The van der Waals surface area contributed by atoms with Gasteiger partial charge in [-0.05, 0) is 85.8 Å². The molecule has 3 rings (SSSR count). The number of ketones is 2. The van der Waals surface area contributed by atoms with Crippen molar-refractivity contribution in [1.29, 1.82) is 0 Å². The number of hydrogen-bond donors (Lipinski definition) is 1. The molecule has 2 N–H and O–H groups in total. The van der Waals surface area contributed by atoms with E-state index < -0.39 is 0 Å². The Labute approximate surface area is 273 Å². The Morgan fingerprint density at radius 3 is 1.17 bits per heavy atom. The summed E-state index contributed by atoms with van der Waals surface area (Å²) in [5.41, 5.74) is 14.2. The van der Waals surface area contributed by atoms with Gasteiger partial charge in [-0.1, -0.05) is 55.4 Å². The predicted octanol–water partition coefficient (Wildman–Crippen LogP) is 9.62. The van der Waals surface area contributed by atoms with Crippen LogP contribution in [0.3, 0.4) is 0 Å². The molecule has 1 aromatic heterocycles. The predicted molar refractivity (Wildman–Crippen MR) is 186 cm³/mol. The SMILES string of the molecule is CC(=O)CCC(C)=O.CC(C)c1cc([N+](=O)[O-])cc(C(C)C)c1N.Cc1ccc(C)n1-c1c(C(C)C)cc([N+](=O)[O-])cc1C(C)C. The van der Waals surface area contributed by atoms with E-state index in [0.29, 0.717) is 18.5 Å². The monoisotopic (exact) mass is 636 g/mol. The van der Waals surface area contributed by atoms with Crippen molar-refractivity contribution in [2.45, 2.75) is 120 Å². The number of aromatic nitrogens is 1. The molecule has 0 fully saturated rings. The largest absolute Gasteiger partial charge is 0.398 e. The molecule has 0 amide bonds. The number of nitrogens with zero attached hydrogens (tertiary/aromatic N) is 3. The van der Waals surface area contributed by atoms with Crippen LogP contribution < -0.4 is 5.73 Å². The van der Waals surface area contributed by atoms with Crippen molar-refractivity contribution in [1.82, 2.24) is 4.57 Å². The van der Waals surface area contributed by atoms with Gasteiger partial charge in [0.15, 0.2) is 0 Å². The number of non-ortho nitro benzene ring substituents is 2. The van der Waals surface area contributed by atoms with Crippen molar-refractivity contribution in [3.05, 3.63) is 90.3 Å². The van der Waals surface area contributed by atoms with Gasteiger partial charge in [0, 0.05) is 54.2 Å². The molecule has 0 saturated heterocycles. The fraction of sp³-hybridized carbons (Fsp3) is 0.500. The summed E-state index contributed by atoms with van der Waals surface area (Å²) in [7, 11) is 0. The number of carbonyl (C=O) groups excluding carboxylic acids is 2. The highest BCUT2D eigenvalue weighted by atomic mass is 16.6. The first-order chi connectivity index (χ1) is 21.2. The Morgan fingerprint density at radius 2 is 0.935 bits per heavy atom. The smallest absolute Gasteiger partial charge is 0.270 e. The molecular formula is C36H52N4O6. The highest BCUT2D eigenvalue weighted by molar-refractivity contribution is 5.83. The van der Waals surface area contributed by atoms with E-state index in [1.54, 1.807) is 24.3 Å². The van der Waals surface area contributed by atoms with Crippen molar-refractivity contribution in [2.75, 3.05) is 5.73 Å². The third-order valence-corrected chi connectivity index (χ3v) is 7.62. The number of rotatable bonds is 10. The number of hydrogen-bond acceptors (Lipinski definition) is 7. The zero-order valence-electron chi connectivity index (χ0n) is 29.6. The Bertz CT molecular complexity index is 1460. The molecule has 10 nitrogen and oxygen atoms in total. The van der Waals surface area contributed by atoms with Gasteiger partial charge in [0.05, 0.1) is 15.5 Å². The maximum atomic E-state index is 11.3. The van der Waals surface area contributed by atoms with Crippen molar-refractivity contribution < 1.29 is 19.4 Å². The van der Waals surface area contributed by atoms with Crippen LogP contribution in [-0.4, -0.2) is 26.0 Å². The molecule has 0 aliphatic rings. The fourth-order valence-electron chi connectivity index (χ4n) is 5.02. The minimum Gasteiger partial charge on any atom is -0.398 e. The van der Waals surface area contributed by atoms with Crippen LogP contribution in [0.25, 0.3) is 5.69 Å². The first-order valence-corrected chi connectivity index (χ1v) is 15.7. The molecular weight excluding hydrogens is 584 g/mol. The van der Waals surface area contributed by atoms with Gasteiger partial charge in [0.25, 0.3) is 11.4 Å². The van der Waals surface area contributed by atoms with Crippen LogP contribution in [0, 0.1) is 34.1 Å². The van der Waals surface area contributed by atoms with Gasteiger partial charge in [-0.25, -0.2) is 0 Å². The summed E-state index contributed by atoms with van der Waals surface area (Å²) >= 11 is 0. The van der Waals surface area contributed by atoms with Crippen molar-refractivity contribution in [3.63, 3.8) is 0 Å². The summed E-state index contributed by atoms with van der Waals surface area (Å²) in [4.78, 5) is 41.8. The number of benzene rings is 2. The molecule has 0 saturated carbocycles. The summed E-state index contributed by atoms with van der Waals surface area (Å²) in [6, 6.07) is 10.8. The second-order valence-corrected chi connectivity index (χ2v) is 13.0. The standard InChI is InChI=1S/C18H24N2O2.C12H18N2O2.C6H10O2/c1-11(2)16-9-15(20(21)22)10-17(12(3)4)18(16)19-13(5)7-8-14(19)6;1-7(2)10-5-9(14(15)16)6-11(8(3)4)12(10)13;1-5(7)3-4-6(2)8/h7-12H,1-6H3;5-8H,13H2,1-4H3;3-4H2,1-2H3. The number of anilines is 1. The Morgan fingerprint density at radius 1 is 0.652 bits per heavy atom. The number of nitrogen functional groups attached to an aromatic ring is 1. The maximum Gasteiger partial charge on any atom is 0.270 e. The first kappa shape index (κ1) is 39.7. The minimum absolute atomic E-state index is 0.0835. The molecule has 3 aromatic rings. The minimum atomic E-state index is -0.364. The molecule has 252 valence electrons. The highest BCUT2D eigenvalue weighted by Crippen LogP contribution is 2.37. The molecule has 0 bridgehead atoms. The van der Waals surface area contributed by atoms with Gasteiger partial charge in [0.1, 0.15) is 11.6 Å². The number of aryl methyl sites for hydroxylation is 2. The first-order valence-electron chi connectivity index (χ1n) is 15.7. The van der Waals surface area contributed by atoms with E-state index in [1.165, 1.54) is 13.8 Å². The number of nitrogens with two attached hydrogens (primary N) is 1. The van der Waals surface area contributed by atoms with E-state index in [-0.39, 0.29) is 56.5 Å². The lowest BCUT2D eigenvalue weighted by molar-refractivity contribution is -0.385. The lowest BCUT2D eigenvalue weighted by atomic mass is 9.91. The van der Waals surface area contributed by atoms with Gasteiger partial charge < -0.3 is 19.9 Å². The molecule has 0 unspecified atom stereocenters. The lowest BCUT2D eigenvalue weighted by Gasteiger charge is -2.23. The van der Waals surface area contributed by atoms with Gasteiger partial charge in [0.2, 0.25) is 0 Å². The van der Waals surface area contributed by atoms with Crippen LogP contribution in [0.15, 0.2) is 36.4 Å². The van der Waals surface area contributed by atoms with Gasteiger partial charge >= 0.3 is 0 Å². The number of Topliss-reactive ketones (excluding diaryl/α,β-unsaturated/α-hetero) is 2. The van der Waals surface area contributed by atoms with Gasteiger partial charge in [-0.15, -0.1) is 0 Å². The molecule has 10 heteroatoms. The van der Waals surface area contributed by atoms with Crippen LogP contribution in [-0.2, 0) is 9.59 Å². The van der Waals surface area contributed by atoms with Crippen LogP contribution in [0.5, 0.6) is 0 Å². The Balaban J connectivity index is 0.000000385. The number of nitro benzene ring substituents is 2. The average Bonchev–Trinajstić information content (AvgIpc) is 3.28. The lowest BCUT2D eigenvalue weighted by Crippen LogP contribution is -2.10. The fourth-order valence-corrected chi connectivity index (χ4v) is 5.02.